The molecule has 1 rings (SSSR count). The smallest absolute Gasteiger partial charge is 0.221 e. The van der Waals surface area contributed by atoms with Gasteiger partial charge >= 0.3 is 0 Å². The van der Waals surface area contributed by atoms with Gasteiger partial charge in [-0.1, -0.05) is 6.08 Å². The third kappa shape index (κ3) is 4.26. The molecule has 1 aliphatic rings. The van der Waals surface area contributed by atoms with Crippen LogP contribution < -0.4 is 10.6 Å². The summed E-state index contributed by atoms with van der Waals surface area (Å²) in [5.74, 6) is -0.201. The van der Waals surface area contributed by atoms with Crippen LogP contribution in [0.5, 0.6) is 0 Å². The van der Waals surface area contributed by atoms with Crippen LogP contribution >= 0.6 is 0 Å². The van der Waals surface area contributed by atoms with Crippen LogP contribution in [0.25, 0.3) is 0 Å². The van der Waals surface area contributed by atoms with Crippen LogP contribution in [0.3, 0.4) is 0 Å². The van der Waals surface area contributed by atoms with Crippen molar-refractivity contribution < 1.29 is 9.59 Å². The highest BCUT2D eigenvalue weighted by molar-refractivity contribution is 5.76. The molecule has 0 atom stereocenters. The van der Waals surface area contributed by atoms with E-state index in [0.29, 0.717) is 6.42 Å². The average Bonchev–Trinajstić information content (AvgIpc) is 2.29. The molecular weight excluding hydrogens is 192 g/mol. The Bertz CT molecular complexity index is 365. The predicted molar refractivity (Wildman–Crippen MR) is 57.6 cm³/mol. The summed E-state index contributed by atoms with van der Waals surface area (Å²) in [6.07, 6.45) is 7.89. The van der Waals surface area contributed by atoms with Crippen LogP contribution in [-0.4, -0.2) is 11.8 Å². The van der Waals surface area contributed by atoms with Gasteiger partial charge in [-0.15, -0.1) is 0 Å². The molecule has 0 radical (unpaired) electrons. The summed E-state index contributed by atoms with van der Waals surface area (Å²) in [4.78, 5) is 21.6. The van der Waals surface area contributed by atoms with E-state index in [4.69, 9.17) is 0 Å². The Hall–Kier alpha value is -1.84. The van der Waals surface area contributed by atoms with Crippen molar-refractivity contribution in [3.63, 3.8) is 0 Å². The molecule has 0 saturated carbocycles. The van der Waals surface area contributed by atoms with Gasteiger partial charge in [0, 0.05) is 31.7 Å². The van der Waals surface area contributed by atoms with Gasteiger partial charge in [-0.3, -0.25) is 9.59 Å². The Kier molecular flexibility index (Phi) is 3.85. The van der Waals surface area contributed by atoms with Gasteiger partial charge in [0.1, 0.15) is 0 Å². The van der Waals surface area contributed by atoms with Crippen molar-refractivity contribution in [2.45, 2.75) is 20.3 Å². The largest absolute Gasteiger partial charge is 0.330 e. The maximum atomic E-state index is 10.8. The molecule has 0 aromatic carbocycles. The maximum absolute atomic E-state index is 10.8. The Morgan fingerprint density at radius 3 is 2.40 bits per heavy atom. The molecule has 2 N–H and O–H groups in total. The minimum atomic E-state index is -0.109. The van der Waals surface area contributed by atoms with Gasteiger partial charge in [-0.25, -0.2) is 0 Å². The van der Waals surface area contributed by atoms with Gasteiger partial charge in [0.25, 0.3) is 0 Å². The molecule has 0 bridgehead atoms. The van der Waals surface area contributed by atoms with Crippen LogP contribution in [-0.2, 0) is 9.59 Å². The first-order valence-electron chi connectivity index (χ1n) is 4.70. The Balaban J connectivity index is 2.70. The summed E-state index contributed by atoms with van der Waals surface area (Å²) in [6.45, 7) is 2.92. The highest BCUT2D eigenvalue weighted by Crippen LogP contribution is 2.07. The van der Waals surface area contributed by atoms with Crippen LogP contribution in [0.4, 0.5) is 0 Å². The van der Waals surface area contributed by atoms with E-state index in [-0.39, 0.29) is 11.8 Å². The first-order chi connectivity index (χ1) is 7.08. The summed E-state index contributed by atoms with van der Waals surface area (Å²) in [5.41, 5.74) is 1.54. The molecule has 4 nitrogen and oxygen atoms in total. The quantitative estimate of drug-likeness (QED) is 0.707. The second-order valence-electron chi connectivity index (χ2n) is 3.28. The van der Waals surface area contributed by atoms with E-state index < -0.39 is 0 Å². The number of amides is 2. The van der Waals surface area contributed by atoms with Crippen LogP contribution in [0, 0.1) is 0 Å². The maximum Gasteiger partial charge on any atom is 0.221 e. The fraction of sp³-hybridized carbons (Fsp3) is 0.273. The van der Waals surface area contributed by atoms with Crippen LogP contribution in [0.2, 0.25) is 0 Å². The second-order valence-corrected chi connectivity index (χ2v) is 3.28. The predicted octanol–water partition coefficient (Wildman–Crippen LogP) is 0.986. The monoisotopic (exact) mass is 206 g/mol. The Labute approximate surface area is 88.7 Å². The molecule has 4 heteroatoms. The van der Waals surface area contributed by atoms with Crippen molar-refractivity contribution >= 4 is 11.8 Å². The van der Waals surface area contributed by atoms with Crippen molar-refractivity contribution in [3.05, 3.63) is 35.7 Å². The van der Waals surface area contributed by atoms with Gasteiger partial charge in [0.2, 0.25) is 11.8 Å². The Morgan fingerprint density at radius 2 is 1.80 bits per heavy atom. The van der Waals surface area contributed by atoms with Crippen LogP contribution in [0.1, 0.15) is 20.3 Å². The number of hydrogen-bond acceptors (Lipinski definition) is 2. The zero-order valence-electron chi connectivity index (χ0n) is 8.83. The van der Waals surface area contributed by atoms with E-state index >= 15 is 0 Å². The summed E-state index contributed by atoms with van der Waals surface area (Å²) in [5, 5.41) is 5.38. The standard InChI is InChI=1S/C11H14N2O2/c1-8(14)12-10-4-3-5-11(7-6-10)13-9(2)15/h3-4,6-7H,5H2,1-2H3,(H,12,14)(H,13,15). The van der Waals surface area contributed by atoms with E-state index in [1.165, 1.54) is 13.8 Å². The fourth-order valence-electron chi connectivity index (χ4n) is 1.23. The molecular formula is C11H14N2O2. The number of hydrogen-bond donors (Lipinski definition) is 2. The highest BCUT2D eigenvalue weighted by Gasteiger charge is 2.01. The number of nitrogens with one attached hydrogen (secondary N) is 2. The molecule has 0 spiro atoms. The number of allylic oxidation sites excluding steroid dienone is 4. The number of carbonyl (C=O) groups is 2. The minimum absolute atomic E-state index is 0.0916. The molecule has 2 amide bonds. The second kappa shape index (κ2) is 5.14. The van der Waals surface area contributed by atoms with E-state index in [2.05, 4.69) is 10.6 Å². The van der Waals surface area contributed by atoms with Gasteiger partial charge in [0.15, 0.2) is 0 Å². The first kappa shape index (κ1) is 11.2. The topological polar surface area (TPSA) is 58.2 Å². The molecule has 0 aromatic rings. The van der Waals surface area contributed by atoms with Crippen molar-refractivity contribution in [1.82, 2.24) is 10.6 Å². The van der Waals surface area contributed by atoms with E-state index in [1.54, 1.807) is 12.2 Å². The molecule has 1 aliphatic carbocycles. The fourth-order valence-corrected chi connectivity index (χ4v) is 1.23. The normalized spacial score (nSPS) is 14.8. The van der Waals surface area contributed by atoms with Crippen molar-refractivity contribution in [2.24, 2.45) is 0 Å². The third-order valence-corrected chi connectivity index (χ3v) is 1.76. The lowest BCUT2D eigenvalue weighted by Gasteiger charge is -2.02. The average molecular weight is 206 g/mol. The SMILES string of the molecule is CC(=O)NC1=CC=C(NC(C)=O)CC=C1. The highest BCUT2D eigenvalue weighted by atomic mass is 16.2. The zero-order valence-corrected chi connectivity index (χ0v) is 8.83. The lowest BCUT2D eigenvalue weighted by molar-refractivity contribution is -0.119. The zero-order chi connectivity index (χ0) is 11.3. The summed E-state index contributed by atoms with van der Waals surface area (Å²) < 4.78 is 0. The van der Waals surface area contributed by atoms with Crippen molar-refractivity contribution in [2.75, 3.05) is 0 Å². The minimum Gasteiger partial charge on any atom is -0.330 e. The Morgan fingerprint density at radius 1 is 1.13 bits per heavy atom. The lowest BCUT2D eigenvalue weighted by atomic mass is 10.3. The van der Waals surface area contributed by atoms with E-state index in [1.807, 2.05) is 12.2 Å². The molecule has 0 aliphatic heterocycles. The van der Waals surface area contributed by atoms with Gasteiger partial charge in [-0.2, -0.15) is 0 Å². The summed E-state index contributed by atoms with van der Waals surface area (Å²) in [6, 6.07) is 0. The van der Waals surface area contributed by atoms with E-state index in [9.17, 15) is 9.59 Å². The first-order valence-corrected chi connectivity index (χ1v) is 4.70. The van der Waals surface area contributed by atoms with Gasteiger partial charge < -0.3 is 10.6 Å². The van der Waals surface area contributed by atoms with E-state index in [0.717, 1.165) is 11.4 Å². The van der Waals surface area contributed by atoms with Gasteiger partial charge in [-0.05, 0) is 18.2 Å². The summed E-state index contributed by atoms with van der Waals surface area (Å²) in [7, 11) is 0. The molecule has 15 heavy (non-hydrogen) atoms. The van der Waals surface area contributed by atoms with Crippen molar-refractivity contribution in [3.8, 4) is 0 Å². The molecule has 0 aromatic heterocycles. The lowest BCUT2D eigenvalue weighted by Crippen LogP contribution is -2.18. The van der Waals surface area contributed by atoms with Gasteiger partial charge in [0.05, 0.1) is 0 Å². The third-order valence-electron chi connectivity index (χ3n) is 1.76. The van der Waals surface area contributed by atoms with Crippen LogP contribution in [0.15, 0.2) is 35.7 Å². The summed E-state index contributed by atoms with van der Waals surface area (Å²) >= 11 is 0. The molecule has 0 unspecified atom stereocenters. The molecule has 80 valence electrons. The molecule has 0 heterocycles. The molecule has 0 fully saturated rings. The van der Waals surface area contributed by atoms with Crippen molar-refractivity contribution in [1.29, 1.82) is 0 Å². The molecule has 0 saturated heterocycles. The number of carbonyl (C=O) groups excluding carboxylic acids is 2. The number of rotatable bonds is 2.